The number of fused-ring (bicyclic) bond motifs is 1. The first kappa shape index (κ1) is 20.6. The van der Waals surface area contributed by atoms with E-state index >= 15 is 0 Å². The van der Waals surface area contributed by atoms with Crippen LogP contribution < -0.4 is 19.5 Å². The minimum absolute atomic E-state index is 0.213. The van der Waals surface area contributed by atoms with E-state index in [0.29, 0.717) is 22.9 Å². The maximum absolute atomic E-state index is 11.5. The van der Waals surface area contributed by atoms with Crippen LogP contribution in [0.4, 0.5) is 5.82 Å². The molecule has 3 aromatic rings. The number of carboxylic acid groups (broad SMARTS) is 1. The number of carboxylic acids is 1. The van der Waals surface area contributed by atoms with E-state index in [1.807, 2.05) is 18.2 Å². The molecule has 0 bridgehead atoms. The molecule has 0 saturated carbocycles. The number of aromatic carboxylic acids is 1. The Kier molecular flexibility index (Phi) is 5.70. The van der Waals surface area contributed by atoms with Gasteiger partial charge in [0.05, 0.1) is 38.3 Å². The van der Waals surface area contributed by atoms with Crippen LogP contribution >= 0.6 is 0 Å². The molecule has 0 amide bonds. The van der Waals surface area contributed by atoms with Crippen molar-refractivity contribution in [3.05, 3.63) is 47.5 Å². The quantitative estimate of drug-likeness (QED) is 0.618. The van der Waals surface area contributed by atoms with Crippen LogP contribution in [-0.4, -0.2) is 48.7 Å². The number of rotatable bonds is 6. The molecular weight excluding hydrogens is 398 g/mol. The van der Waals surface area contributed by atoms with Crippen molar-refractivity contribution in [2.24, 2.45) is 0 Å². The van der Waals surface area contributed by atoms with E-state index in [-0.39, 0.29) is 5.56 Å². The van der Waals surface area contributed by atoms with Crippen LogP contribution in [0.1, 0.15) is 28.8 Å². The van der Waals surface area contributed by atoms with Crippen LogP contribution in [0.3, 0.4) is 0 Å². The number of anilines is 1. The summed E-state index contributed by atoms with van der Waals surface area (Å²) in [6.07, 6.45) is 2.92. The largest absolute Gasteiger partial charge is 0.493 e. The number of benzene rings is 2. The van der Waals surface area contributed by atoms with Crippen molar-refractivity contribution in [1.82, 2.24) is 9.78 Å². The van der Waals surface area contributed by atoms with Crippen LogP contribution in [0.25, 0.3) is 16.9 Å². The van der Waals surface area contributed by atoms with E-state index in [1.165, 1.54) is 0 Å². The highest BCUT2D eigenvalue weighted by atomic mass is 16.5. The molecule has 0 unspecified atom stereocenters. The molecular formula is C23H25N3O5. The van der Waals surface area contributed by atoms with Crippen LogP contribution in [-0.2, 0) is 6.42 Å². The molecule has 0 fully saturated rings. The normalized spacial score (nSPS) is 13.0. The van der Waals surface area contributed by atoms with Gasteiger partial charge in [0.1, 0.15) is 5.82 Å². The topological polar surface area (TPSA) is 94.8 Å². The summed E-state index contributed by atoms with van der Waals surface area (Å²) < 4.78 is 18.3. The fourth-order valence-corrected chi connectivity index (χ4v) is 3.91. The van der Waals surface area contributed by atoms with Crippen molar-refractivity contribution < 1.29 is 24.1 Å². The lowest BCUT2D eigenvalue weighted by atomic mass is 10.0. The molecule has 0 saturated heterocycles. The van der Waals surface area contributed by atoms with Crippen LogP contribution in [0.5, 0.6) is 17.2 Å². The monoisotopic (exact) mass is 423 g/mol. The third-order valence-corrected chi connectivity index (χ3v) is 5.41. The molecule has 2 heterocycles. The van der Waals surface area contributed by atoms with Crippen LogP contribution in [0.2, 0.25) is 0 Å². The summed E-state index contributed by atoms with van der Waals surface area (Å²) in [5.74, 6) is 1.53. The van der Waals surface area contributed by atoms with Crippen molar-refractivity contribution in [2.45, 2.75) is 19.3 Å². The molecule has 0 atom stereocenters. The van der Waals surface area contributed by atoms with Gasteiger partial charge < -0.3 is 24.6 Å². The Morgan fingerprint density at radius 1 is 1.06 bits per heavy atom. The Bertz CT molecular complexity index is 1100. The molecule has 2 N–H and O–H groups in total. The molecule has 2 aromatic carbocycles. The van der Waals surface area contributed by atoms with Crippen molar-refractivity contribution >= 4 is 11.8 Å². The average molecular weight is 423 g/mol. The van der Waals surface area contributed by atoms with Crippen molar-refractivity contribution in [3.63, 3.8) is 0 Å². The van der Waals surface area contributed by atoms with Gasteiger partial charge >= 0.3 is 5.97 Å². The lowest BCUT2D eigenvalue weighted by molar-refractivity contribution is 0.0697. The van der Waals surface area contributed by atoms with Gasteiger partial charge in [-0.25, -0.2) is 9.48 Å². The zero-order chi connectivity index (χ0) is 22.0. The van der Waals surface area contributed by atoms with Crippen LogP contribution in [0, 0.1) is 0 Å². The van der Waals surface area contributed by atoms with Gasteiger partial charge in [-0.15, -0.1) is 0 Å². The Balaban J connectivity index is 1.92. The lowest BCUT2D eigenvalue weighted by Crippen LogP contribution is -2.08. The van der Waals surface area contributed by atoms with Gasteiger partial charge in [-0.3, -0.25) is 0 Å². The van der Waals surface area contributed by atoms with Crippen LogP contribution in [0.15, 0.2) is 36.4 Å². The number of ether oxygens (including phenoxy) is 3. The number of hydrogen-bond donors (Lipinski definition) is 2. The molecule has 1 aliphatic rings. The minimum atomic E-state index is -0.974. The minimum Gasteiger partial charge on any atom is -0.493 e. The summed E-state index contributed by atoms with van der Waals surface area (Å²) in [7, 11) is 4.73. The summed E-state index contributed by atoms with van der Waals surface area (Å²) in [5, 5.41) is 17.8. The maximum Gasteiger partial charge on any atom is 0.335 e. The van der Waals surface area contributed by atoms with Crippen molar-refractivity contribution in [1.29, 1.82) is 0 Å². The van der Waals surface area contributed by atoms with Gasteiger partial charge in [0, 0.05) is 17.7 Å². The maximum atomic E-state index is 11.5. The number of nitrogens with zero attached hydrogens (tertiary/aromatic N) is 2. The summed E-state index contributed by atoms with van der Waals surface area (Å²) in [5.41, 5.74) is 3.61. The summed E-state index contributed by atoms with van der Waals surface area (Å²) in [4.78, 5) is 11.5. The predicted molar refractivity (Wildman–Crippen MR) is 117 cm³/mol. The third kappa shape index (κ3) is 3.76. The standard InChI is InChI=1S/C23H25N3O5/c1-29-18-12-15(13-19(30-2)21(18)31-3)20-17-9-4-5-10-24-22(17)26(25-20)16-8-6-7-14(11-16)23(27)28/h6-8,11-13,24H,4-5,9-10H2,1-3H3,(H,27,28). The van der Waals surface area contributed by atoms with E-state index in [0.717, 1.165) is 48.4 Å². The van der Waals surface area contributed by atoms with Crippen molar-refractivity contribution in [2.75, 3.05) is 33.2 Å². The molecule has 8 nitrogen and oxygen atoms in total. The highest BCUT2D eigenvalue weighted by molar-refractivity contribution is 5.88. The fourth-order valence-electron chi connectivity index (χ4n) is 3.91. The molecule has 0 radical (unpaired) electrons. The second-order valence-electron chi connectivity index (χ2n) is 7.24. The SMILES string of the molecule is COc1cc(-c2nn(-c3cccc(C(=O)O)c3)c3c2CCCCN3)cc(OC)c1OC. The number of carbonyl (C=O) groups is 1. The first-order valence-corrected chi connectivity index (χ1v) is 10.1. The average Bonchev–Trinajstić information content (AvgIpc) is 2.98. The molecule has 0 spiro atoms. The summed E-state index contributed by atoms with van der Waals surface area (Å²) >= 11 is 0. The van der Waals surface area contributed by atoms with E-state index in [9.17, 15) is 9.90 Å². The summed E-state index contributed by atoms with van der Waals surface area (Å²) in [6.45, 7) is 0.825. The highest BCUT2D eigenvalue weighted by Gasteiger charge is 2.24. The fraction of sp³-hybridized carbons (Fsp3) is 0.304. The predicted octanol–water partition coefficient (Wildman–Crippen LogP) is 4.01. The zero-order valence-electron chi connectivity index (χ0n) is 17.8. The first-order valence-electron chi connectivity index (χ1n) is 10.1. The van der Waals surface area contributed by atoms with Gasteiger partial charge in [-0.05, 0) is 49.6 Å². The van der Waals surface area contributed by atoms with E-state index < -0.39 is 5.97 Å². The molecule has 0 aliphatic carbocycles. The third-order valence-electron chi connectivity index (χ3n) is 5.41. The molecule has 162 valence electrons. The molecule has 31 heavy (non-hydrogen) atoms. The summed E-state index contributed by atoms with van der Waals surface area (Å²) in [6, 6.07) is 10.5. The second-order valence-corrected chi connectivity index (χ2v) is 7.24. The van der Waals surface area contributed by atoms with Gasteiger partial charge in [0.15, 0.2) is 11.5 Å². The van der Waals surface area contributed by atoms with E-state index in [1.54, 1.807) is 44.2 Å². The Morgan fingerprint density at radius 3 is 2.45 bits per heavy atom. The first-order chi connectivity index (χ1) is 15.1. The Labute approximate surface area is 180 Å². The van der Waals surface area contributed by atoms with E-state index in [4.69, 9.17) is 19.3 Å². The Morgan fingerprint density at radius 2 is 1.81 bits per heavy atom. The number of hydrogen-bond acceptors (Lipinski definition) is 6. The smallest absolute Gasteiger partial charge is 0.335 e. The number of nitrogens with one attached hydrogen (secondary N) is 1. The lowest BCUT2D eigenvalue weighted by Gasteiger charge is -2.14. The van der Waals surface area contributed by atoms with E-state index in [2.05, 4.69) is 5.32 Å². The molecule has 4 rings (SSSR count). The van der Waals surface area contributed by atoms with Gasteiger partial charge in [0.2, 0.25) is 5.75 Å². The van der Waals surface area contributed by atoms with Gasteiger partial charge in [0.25, 0.3) is 0 Å². The number of methoxy groups -OCH3 is 3. The molecule has 1 aromatic heterocycles. The second kappa shape index (κ2) is 8.59. The zero-order valence-corrected chi connectivity index (χ0v) is 17.8. The number of aromatic nitrogens is 2. The highest BCUT2D eigenvalue weighted by Crippen LogP contribution is 2.43. The molecule has 8 heteroatoms. The Hall–Kier alpha value is -3.68. The van der Waals surface area contributed by atoms with Crippen molar-refractivity contribution in [3.8, 4) is 34.2 Å². The van der Waals surface area contributed by atoms with Gasteiger partial charge in [-0.2, -0.15) is 5.10 Å². The van der Waals surface area contributed by atoms with Gasteiger partial charge in [-0.1, -0.05) is 6.07 Å². The molecule has 1 aliphatic heterocycles.